The molecule has 2 nitrogen and oxygen atoms in total. The van der Waals surface area contributed by atoms with Gasteiger partial charge < -0.3 is 0 Å². The van der Waals surface area contributed by atoms with E-state index in [0.717, 1.165) is 28.0 Å². The van der Waals surface area contributed by atoms with E-state index in [-0.39, 0.29) is 15.0 Å². The molecule has 0 atom stereocenters. The number of hydrogen-bond acceptors (Lipinski definition) is 2. The second-order valence-corrected chi connectivity index (χ2v) is 7.68. The van der Waals surface area contributed by atoms with Crippen molar-refractivity contribution >= 4 is 34.8 Å². The van der Waals surface area contributed by atoms with Crippen LogP contribution in [0.25, 0.3) is 22.3 Å². The van der Waals surface area contributed by atoms with Crippen molar-refractivity contribution < 1.29 is 9.15 Å². The van der Waals surface area contributed by atoms with Crippen LogP contribution in [0.15, 0.2) is 83.3 Å². The normalized spacial score (nSPS) is 10.9. The third kappa shape index (κ3) is 2.84. The van der Waals surface area contributed by atoms with Crippen molar-refractivity contribution in [1.82, 2.24) is 0 Å². The third-order valence-electron chi connectivity index (χ3n) is 3.85. The van der Waals surface area contributed by atoms with E-state index in [1.54, 1.807) is 7.11 Å². The monoisotopic (exact) mass is 380 g/mol. The second-order valence-electron chi connectivity index (χ2n) is 5.40. The molecule has 0 radical (unpaired) electrons. The fourth-order valence-electron chi connectivity index (χ4n) is 2.67. The molecule has 0 aliphatic heterocycles. The molecule has 118 valence electrons. The van der Waals surface area contributed by atoms with Crippen LogP contribution in [0, 0.1) is 0 Å². The second kappa shape index (κ2) is 6.56. The number of rotatable bonds is 4. The molecule has 0 saturated carbocycles. The zero-order valence-electron chi connectivity index (χ0n) is 13.2. The zero-order chi connectivity index (χ0) is 16.4. The maximum atomic E-state index is 6.22. The van der Waals surface area contributed by atoms with Gasteiger partial charge in [0.1, 0.15) is 0 Å². The van der Waals surface area contributed by atoms with E-state index in [9.17, 15) is 0 Å². The van der Waals surface area contributed by atoms with Gasteiger partial charge in [0, 0.05) is 0 Å². The molecule has 24 heavy (non-hydrogen) atoms. The molecular weight excluding hydrogens is 363 g/mol. The van der Waals surface area contributed by atoms with Gasteiger partial charge in [-0.25, -0.2) is 0 Å². The van der Waals surface area contributed by atoms with Crippen LogP contribution in [0.1, 0.15) is 0 Å². The van der Waals surface area contributed by atoms with Crippen molar-refractivity contribution in [1.29, 1.82) is 0 Å². The Morgan fingerprint density at radius 1 is 0.833 bits per heavy atom. The van der Waals surface area contributed by atoms with E-state index >= 15 is 0 Å². The predicted molar refractivity (Wildman–Crippen MR) is 99.7 cm³/mol. The van der Waals surface area contributed by atoms with E-state index in [2.05, 4.69) is 42.5 Å². The molecule has 3 heteroatoms. The molecular formula is C21H16O2Se. The van der Waals surface area contributed by atoms with Crippen molar-refractivity contribution in [3.8, 4) is 17.1 Å². The molecule has 4 rings (SSSR count). The Hall–Kier alpha value is -2.48. The minimum absolute atomic E-state index is 0.157. The van der Waals surface area contributed by atoms with Crippen LogP contribution in [0.2, 0.25) is 0 Å². The molecule has 0 spiro atoms. The van der Waals surface area contributed by atoms with Crippen LogP contribution in [-0.2, 0) is 0 Å². The quantitative estimate of drug-likeness (QED) is 0.504. The Kier molecular flexibility index (Phi) is 4.12. The Labute approximate surface area is 147 Å². The molecule has 0 aliphatic carbocycles. The summed E-state index contributed by atoms with van der Waals surface area (Å²) in [5.74, 6) is 1.82. The van der Waals surface area contributed by atoms with Crippen molar-refractivity contribution in [2.24, 2.45) is 0 Å². The molecule has 0 fully saturated rings. The first-order valence-corrected chi connectivity index (χ1v) is 9.45. The minimum atomic E-state index is 0.157. The molecule has 0 amide bonds. The summed E-state index contributed by atoms with van der Waals surface area (Å²) in [6.07, 6.45) is 0. The number of furan rings is 1. The van der Waals surface area contributed by atoms with E-state index in [0.29, 0.717) is 0 Å². The zero-order valence-corrected chi connectivity index (χ0v) is 14.9. The molecule has 4 aromatic rings. The molecule has 0 aliphatic rings. The topological polar surface area (TPSA) is 22.4 Å². The van der Waals surface area contributed by atoms with Crippen LogP contribution in [-0.4, -0.2) is 22.1 Å². The predicted octanol–water partition coefficient (Wildman–Crippen LogP) is 3.76. The SMILES string of the molecule is COc1ccc2oc(-c3ccccc3)c([Se]c3ccccc3)c2c1. The molecule has 0 unspecified atom stereocenters. The summed E-state index contributed by atoms with van der Waals surface area (Å²) in [7, 11) is 1.70. The van der Waals surface area contributed by atoms with E-state index in [1.807, 2.05) is 36.4 Å². The Morgan fingerprint density at radius 2 is 1.54 bits per heavy atom. The van der Waals surface area contributed by atoms with Gasteiger partial charge in [-0.15, -0.1) is 0 Å². The molecule has 0 saturated heterocycles. The number of ether oxygens (including phenoxy) is 1. The first kappa shape index (κ1) is 15.1. The van der Waals surface area contributed by atoms with Crippen LogP contribution < -0.4 is 13.7 Å². The average molecular weight is 379 g/mol. The molecule has 1 heterocycles. The fraction of sp³-hybridized carbons (Fsp3) is 0.0476. The first-order valence-electron chi connectivity index (χ1n) is 7.74. The Bertz CT molecular complexity index is 959. The summed E-state index contributed by atoms with van der Waals surface area (Å²) in [6.45, 7) is 0. The average Bonchev–Trinajstić information content (AvgIpc) is 3.01. The van der Waals surface area contributed by atoms with Crippen molar-refractivity contribution in [3.05, 3.63) is 78.9 Å². The summed E-state index contributed by atoms with van der Waals surface area (Å²) in [6, 6.07) is 26.9. The van der Waals surface area contributed by atoms with Gasteiger partial charge >= 0.3 is 147 Å². The van der Waals surface area contributed by atoms with E-state index in [4.69, 9.17) is 9.15 Å². The van der Waals surface area contributed by atoms with Gasteiger partial charge in [-0.3, -0.25) is 0 Å². The number of methoxy groups -OCH3 is 1. The summed E-state index contributed by atoms with van der Waals surface area (Å²) in [4.78, 5) is 0. The summed E-state index contributed by atoms with van der Waals surface area (Å²) >= 11 is 0.157. The molecule has 3 aromatic carbocycles. The number of benzene rings is 3. The van der Waals surface area contributed by atoms with E-state index in [1.165, 1.54) is 8.92 Å². The molecule has 0 bridgehead atoms. The third-order valence-corrected chi connectivity index (χ3v) is 6.19. The molecule has 1 aromatic heterocycles. The fourth-order valence-corrected chi connectivity index (χ4v) is 4.87. The van der Waals surface area contributed by atoms with Crippen LogP contribution in [0.4, 0.5) is 0 Å². The summed E-state index contributed by atoms with van der Waals surface area (Å²) < 4.78 is 14.2. The van der Waals surface area contributed by atoms with Gasteiger partial charge in [-0.1, -0.05) is 0 Å². The van der Waals surface area contributed by atoms with Crippen LogP contribution in [0.3, 0.4) is 0 Å². The van der Waals surface area contributed by atoms with Gasteiger partial charge in [0.2, 0.25) is 0 Å². The Balaban J connectivity index is 1.92. The van der Waals surface area contributed by atoms with Crippen molar-refractivity contribution in [2.75, 3.05) is 7.11 Å². The first-order chi connectivity index (χ1) is 11.8. The number of hydrogen-bond donors (Lipinski definition) is 0. The molecule has 0 N–H and O–H groups in total. The van der Waals surface area contributed by atoms with Crippen molar-refractivity contribution in [2.45, 2.75) is 0 Å². The summed E-state index contributed by atoms with van der Waals surface area (Å²) in [5.41, 5.74) is 2.02. The van der Waals surface area contributed by atoms with Gasteiger partial charge in [0.15, 0.2) is 0 Å². The van der Waals surface area contributed by atoms with Gasteiger partial charge in [-0.2, -0.15) is 0 Å². The van der Waals surface area contributed by atoms with Gasteiger partial charge in [0.25, 0.3) is 0 Å². The van der Waals surface area contributed by atoms with Gasteiger partial charge in [-0.05, 0) is 0 Å². The Morgan fingerprint density at radius 3 is 2.25 bits per heavy atom. The number of fused-ring (bicyclic) bond motifs is 1. The van der Waals surface area contributed by atoms with E-state index < -0.39 is 0 Å². The van der Waals surface area contributed by atoms with Crippen LogP contribution >= 0.6 is 0 Å². The standard InChI is InChI=1S/C21H16O2Se/c1-22-16-12-13-19-18(14-16)21(24-17-10-6-3-7-11-17)20(23-19)15-8-4-2-5-9-15/h2-14H,1H3. The van der Waals surface area contributed by atoms with Gasteiger partial charge in [0.05, 0.1) is 0 Å². The summed E-state index contributed by atoms with van der Waals surface area (Å²) in [5, 5.41) is 1.14. The maximum absolute atomic E-state index is 6.22. The van der Waals surface area contributed by atoms with Crippen molar-refractivity contribution in [3.63, 3.8) is 0 Å². The van der Waals surface area contributed by atoms with Crippen LogP contribution in [0.5, 0.6) is 5.75 Å².